The Morgan fingerprint density at radius 3 is 2.33 bits per heavy atom. The van der Waals surface area contributed by atoms with Crippen LogP contribution in [0.3, 0.4) is 0 Å². The second-order valence-electron chi connectivity index (χ2n) is 10.8. The van der Waals surface area contributed by atoms with Gasteiger partial charge >= 0.3 is 0 Å². The molecule has 1 fully saturated rings. The van der Waals surface area contributed by atoms with Crippen LogP contribution in [0, 0.1) is 0 Å². The lowest BCUT2D eigenvalue weighted by atomic mass is 9.79. The van der Waals surface area contributed by atoms with E-state index >= 15 is 0 Å². The van der Waals surface area contributed by atoms with Crippen molar-refractivity contribution in [1.82, 2.24) is 20.6 Å². The number of rotatable bonds is 4. The van der Waals surface area contributed by atoms with Gasteiger partial charge in [0.05, 0.1) is 21.1 Å². The summed E-state index contributed by atoms with van der Waals surface area (Å²) in [4.78, 5) is 21.3. The summed E-state index contributed by atoms with van der Waals surface area (Å²) in [6.07, 6.45) is 1.78. The molecule has 0 spiro atoms. The number of fused-ring (bicyclic) bond motifs is 1. The molecule has 1 aromatic heterocycles. The number of piperidine rings is 1. The fraction of sp³-hybridized carbons (Fsp3) is 0.462. The van der Waals surface area contributed by atoms with Crippen LogP contribution in [0.25, 0.3) is 22.4 Å². The Hall–Kier alpha value is -2.08. The van der Waals surface area contributed by atoms with E-state index in [-0.39, 0.29) is 28.9 Å². The monoisotopic (exact) mass is 486 g/mol. The number of aromatic amines is 1. The Balaban J connectivity index is 1.63. The maximum atomic E-state index is 13.2. The molecule has 1 aliphatic rings. The third kappa shape index (κ3) is 5.21. The van der Waals surface area contributed by atoms with Crippen molar-refractivity contribution < 1.29 is 4.79 Å². The Morgan fingerprint density at radius 1 is 1.06 bits per heavy atom. The van der Waals surface area contributed by atoms with Crippen LogP contribution in [0.2, 0.25) is 10.0 Å². The Bertz CT molecular complexity index is 1160. The molecule has 0 unspecified atom stereocenters. The Kier molecular flexibility index (Phi) is 6.27. The average molecular weight is 487 g/mol. The maximum Gasteiger partial charge on any atom is 0.251 e. The first kappa shape index (κ1) is 24.1. The smallest absolute Gasteiger partial charge is 0.251 e. The number of imidazole rings is 1. The van der Waals surface area contributed by atoms with E-state index < -0.39 is 0 Å². The minimum Gasteiger partial charge on any atom is -0.349 e. The predicted octanol–water partition coefficient (Wildman–Crippen LogP) is 6.70. The SMILES string of the molecule is CC(C)c1cc(C(=O)NC2CC(C)(C)NC(C)(C)C2)ccc1-c1nc2cc(Cl)c(Cl)cc2[nH]1. The number of carbonyl (C=O) groups is 1. The second-order valence-corrected chi connectivity index (χ2v) is 11.6. The number of hydrogen-bond acceptors (Lipinski definition) is 3. The first-order chi connectivity index (χ1) is 15.3. The van der Waals surface area contributed by atoms with Gasteiger partial charge < -0.3 is 15.6 Å². The van der Waals surface area contributed by atoms with Crippen LogP contribution < -0.4 is 10.6 Å². The molecule has 176 valence electrons. The van der Waals surface area contributed by atoms with Gasteiger partial charge in [-0.05, 0) is 76.3 Å². The number of aromatic nitrogens is 2. The fourth-order valence-corrected chi connectivity index (χ4v) is 5.54. The summed E-state index contributed by atoms with van der Waals surface area (Å²) in [7, 11) is 0. The van der Waals surface area contributed by atoms with Crippen molar-refractivity contribution in [2.24, 2.45) is 0 Å². The first-order valence-corrected chi connectivity index (χ1v) is 12.2. The van der Waals surface area contributed by atoms with Crippen LogP contribution >= 0.6 is 23.2 Å². The van der Waals surface area contributed by atoms with Crippen molar-refractivity contribution in [3.63, 3.8) is 0 Å². The van der Waals surface area contributed by atoms with Gasteiger partial charge in [-0.3, -0.25) is 4.79 Å². The van der Waals surface area contributed by atoms with Gasteiger partial charge in [0.15, 0.2) is 0 Å². The molecule has 4 rings (SSSR count). The van der Waals surface area contributed by atoms with Crippen LogP contribution in [0.1, 0.15) is 76.2 Å². The number of nitrogens with one attached hydrogen (secondary N) is 3. The van der Waals surface area contributed by atoms with Crippen LogP contribution in [-0.4, -0.2) is 33.0 Å². The highest BCUT2D eigenvalue weighted by Gasteiger charge is 2.38. The van der Waals surface area contributed by atoms with Gasteiger partial charge in [-0.25, -0.2) is 4.98 Å². The first-order valence-electron chi connectivity index (χ1n) is 11.4. The molecule has 1 saturated heterocycles. The standard InChI is InChI=1S/C26H32Cl2N4O/c1-14(2)18-9-15(24(33)29-16-12-25(3,4)32-26(5,6)13-16)7-8-17(18)23-30-21-10-19(27)20(28)11-22(21)31-23/h7-11,14,16,32H,12-13H2,1-6H3,(H,29,33)(H,30,31). The minimum absolute atomic E-state index is 0.0280. The van der Waals surface area contributed by atoms with E-state index in [0.29, 0.717) is 15.6 Å². The lowest BCUT2D eigenvalue weighted by Crippen LogP contribution is -2.62. The lowest BCUT2D eigenvalue weighted by Gasteiger charge is -2.46. The maximum absolute atomic E-state index is 13.2. The third-order valence-electron chi connectivity index (χ3n) is 6.24. The summed E-state index contributed by atoms with van der Waals surface area (Å²) in [5.41, 5.74) is 4.22. The van der Waals surface area contributed by atoms with Crippen LogP contribution in [0.15, 0.2) is 30.3 Å². The molecule has 0 saturated carbocycles. The van der Waals surface area contributed by atoms with Crippen molar-refractivity contribution in [2.45, 2.75) is 77.4 Å². The topological polar surface area (TPSA) is 69.8 Å². The number of carbonyl (C=O) groups excluding carboxylic acids is 1. The van der Waals surface area contributed by atoms with Crippen LogP contribution in [0.5, 0.6) is 0 Å². The van der Waals surface area contributed by atoms with Crippen molar-refractivity contribution in [1.29, 1.82) is 0 Å². The molecule has 0 aliphatic carbocycles. The van der Waals surface area contributed by atoms with Gasteiger partial charge in [-0.1, -0.05) is 43.1 Å². The normalized spacial score (nSPS) is 18.1. The lowest BCUT2D eigenvalue weighted by molar-refractivity contribution is 0.0873. The van der Waals surface area contributed by atoms with E-state index in [1.807, 2.05) is 18.2 Å². The largest absolute Gasteiger partial charge is 0.349 e. The fourth-order valence-electron chi connectivity index (χ4n) is 5.22. The zero-order valence-electron chi connectivity index (χ0n) is 20.1. The molecule has 0 radical (unpaired) electrons. The van der Waals surface area contributed by atoms with Crippen molar-refractivity contribution in [3.05, 3.63) is 51.5 Å². The number of nitrogens with zero attached hydrogens (tertiary/aromatic N) is 1. The predicted molar refractivity (Wildman–Crippen MR) is 137 cm³/mol. The Labute approximate surface area is 205 Å². The molecule has 2 heterocycles. The molecule has 0 bridgehead atoms. The number of benzene rings is 2. The molecule has 3 N–H and O–H groups in total. The molecule has 1 aliphatic heterocycles. The Morgan fingerprint density at radius 2 is 1.70 bits per heavy atom. The number of hydrogen-bond donors (Lipinski definition) is 3. The van der Waals surface area contributed by atoms with E-state index in [2.05, 4.69) is 57.2 Å². The summed E-state index contributed by atoms with van der Waals surface area (Å²) in [6, 6.07) is 9.51. The van der Waals surface area contributed by atoms with Crippen molar-refractivity contribution >= 4 is 40.1 Å². The number of halogens is 2. The summed E-state index contributed by atoms with van der Waals surface area (Å²) >= 11 is 12.3. The highest BCUT2D eigenvalue weighted by atomic mass is 35.5. The zero-order chi connectivity index (χ0) is 24.1. The molecule has 3 aromatic rings. The molecule has 33 heavy (non-hydrogen) atoms. The summed E-state index contributed by atoms with van der Waals surface area (Å²) < 4.78 is 0. The van der Waals surface area contributed by atoms with Gasteiger partial charge in [-0.15, -0.1) is 0 Å². The number of amides is 1. The number of H-pyrrole nitrogens is 1. The van der Waals surface area contributed by atoms with Crippen molar-refractivity contribution in [3.8, 4) is 11.4 Å². The summed E-state index contributed by atoms with van der Waals surface area (Å²) in [5, 5.41) is 7.90. The molecule has 2 aromatic carbocycles. The molecular formula is C26H32Cl2N4O. The van der Waals surface area contributed by atoms with E-state index in [9.17, 15) is 4.79 Å². The molecule has 0 atom stereocenters. The van der Waals surface area contributed by atoms with E-state index in [4.69, 9.17) is 28.2 Å². The van der Waals surface area contributed by atoms with E-state index in [1.165, 1.54) is 0 Å². The van der Waals surface area contributed by atoms with E-state index in [1.54, 1.807) is 12.1 Å². The molecule has 7 heteroatoms. The van der Waals surface area contributed by atoms with Gasteiger partial charge in [0.2, 0.25) is 0 Å². The highest BCUT2D eigenvalue weighted by molar-refractivity contribution is 6.42. The highest BCUT2D eigenvalue weighted by Crippen LogP contribution is 2.33. The van der Waals surface area contributed by atoms with Gasteiger partial charge in [-0.2, -0.15) is 0 Å². The van der Waals surface area contributed by atoms with E-state index in [0.717, 1.165) is 40.8 Å². The quantitative estimate of drug-likeness (QED) is 0.384. The molecular weight excluding hydrogens is 455 g/mol. The van der Waals surface area contributed by atoms with Crippen LogP contribution in [0.4, 0.5) is 0 Å². The third-order valence-corrected chi connectivity index (χ3v) is 6.96. The molecule has 5 nitrogen and oxygen atoms in total. The average Bonchev–Trinajstić information content (AvgIpc) is 3.07. The second kappa shape index (κ2) is 8.61. The summed E-state index contributed by atoms with van der Waals surface area (Å²) in [6.45, 7) is 13.0. The zero-order valence-corrected chi connectivity index (χ0v) is 21.6. The van der Waals surface area contributed by atoms with Gasteiger partial charge in [0, 0.05) is 28.2 Å². The molecule has 1 amide bonds. The van der Waals surface area contributed by atoms with Crippen molar-refractivity contribution in [2.75, 3.05) is 0 Å². The minimum atomic E-state index is -0.0369. The van der Waals surface area contributed by atoms with Gasteiger partial charge in [0.1, 0.15) is 5.82 Å². The van der Waals surface area contributed by atoms with Crippen LogP contribution in [-0.2, 0) is 0 Å². The summed E-state index contributed by atoms with van der Waals surface area (Å²) in [5.74, 6) is 0.913. The van der Waals surface area contributed by atoms with Gasteiger partial charge in [0.25, 0.3) is 5.91 Å².